The van der Waals surface area contributed by atoms with Crippen LogP contribution in [-0.4, -0.2) is 32.5 Å². The van der Waals surface area contributed by atoms with Crippen LogP contribution in [0.15, 0.2) is 12.2 Å². The zero-order chi connectivity index (χ0) is 9.23. The largest absolute Gasteiger partial charge is 0.379 e. The van der Waals surface area contributed by atoms with E-state index < -0.39 is 0 Å². The fourth-order valence-corrected chi connectivity index (χ4v) is 0.716. The van der Waals surface area contributed by atoms with Crippen LogP contribution in [0.5, 0.6) is 0 Å². The van der Waals surface area contributed by atoms with Gasteiger partial charge < -0.3 is 15.2 Å². The Bertz CT molecular complexity index is 115. The Morgan fingerprint density at radius 1 is 1.42 bits per heavy atom. The first-order valence-electron chi connectivity index (χ1n) is 4.35. The molecule has 0 aromatic rings. The third-order valence-electron chi connectivity index (χ3n) is 1.34. The molecule has 0 spiro atoms. The first-order valence-corrected chi connectivity index (χ1v) is 4.35. The number of hydrogen-bond donors (Lipinski definition) is 1. The van der Waals surface area contributed by atoms with Crippen molar-refractivity contribution in [2.75, 3.05) is 26.4 Å². The molecule has 0 aromatic carbocycles. The van der Waals surface area contributed by atoms with E-state index in [-0.39, 0.29) is 6.10 Å². The molecule has 12 heavy (non-hydrogen) atoms. The average Bonchev–Trinajstić information content (AvgIpc) is 2.09. The van der Waals surface area contributed by atoms with Crippen LogP contribution >= 0.6 is 0 Å². The van der Waals surface area contributed by atoms with Crippen molar-refractivity contribution in [2.45, 2.75) is 20.0 Å². The van der Waals surface area contributed by atoms with Gasteiger partial charge in [0.25, 0.3) is 0 Å². The summed E-state index contributed by atoms with van der Waals surface area (Å²) in [6.45, 7) is 6.56. The standard InChI is InChI=1S/C9H19NO2/c1-3-11-8-9(2)12-7-5-4-6-10/h4-5,9H,3,6-8,10H2,1-2H3/b5-4+. The van der Waals surface area contributed by atoms with Gasteiger partial charge in [-0.2, -0.15) is 0 Å². The highest BCUT2D eigenvalue weighted by Gasteiger charge is 1.98. The molecule has 3 nitrogen and oxygen atoms in total. The van der Waals surface area contributed by atoms with E-state index in [1.807, 2.05) is 26.0 Å². The van der Waals surface area contributed by atoms with Crippen molar-refractivity contribution in [3.05, 3.63) is 12.2 Å². The van der Waals surface area contributed by atoms with Gasteiger partial charge in [-0.05, 0) is 13.8 Å². The molecule has 0 rings (SSSR count). The summed E-state index contributed by atoms with van der Waals surface area (Å²) in [5.41, 5.74) is 5.26. The van der Waals surface area contributed by atoms with E-state index in [9.17, 15) is 0 Å². The van der Waals surface area contributed by atoms with Gasteiger partial charge in [0, 0.05) is 13.2 Å². The maximum Gasteiger partial charge on any atom is 0.0784 e. The van der Waals surface area contributed by atoms with Crippen molar-refractivity contribution in [3.63, 3.8) is 0 Å². The van der Waals surface area contributed by atoms with Gasteiger partial charge in [0.15, 0.2) is 0 Å². The number of ether oxygens (including phenoxy) is 2. The minimum absolute atomic E-state index is 0.160. The second-order valence-electron chi connectivity index (χ2n) is 2.51. The molecule has 0 radical (unpaired) electrons. The van der Waals surface area contributed by atoms with Crippen LogP contribution in [0.25, 0.3) is 0 Å². The molecule has 0 fully saturated rings. The summed E-state index contributed by atoms with van der Waals surface area (Å²) >= 11 is 0. The smallest absolute Gasteiger partial charge is 0.0784 e. The molecule has 0 aromatic heterocycles. The quantitative estimate of drug-likeness (QED) is 0.583. The summed E-state index contributed by atoms with van der Waals surface area (Å²) in [5, 5.41) is 0. The lowest BCUT2D eigenvalue weighted by molar-refractivity contribution is 0.00835. The fourth-order valence-electron chi connectivity index (χ4n) is 0.716. The van der Waals surface area contributed by atoms with Crippen molar-refractivity contribution in [1.82, 2.24) is 0 Å². The summed E-state index contributed by atoms with van der Waals surface area (Å²) in [4.78, 5) is 0. The Kier molecular flexibility index (Phi) is 8.44. The van der Waals surface area contributed by atoms with Crippen molar-refractivity contribution >= 4 is 0 Å². The molecule has 2 N–H and O–H groups in total. The molecular formula is C9H19NO2. The number of rotatable bonds is 7. The van der Waals surface area contributed by atoms with Gasteiger partial charge in [0.1, 0.15) is 0 Å². The highest BCUT2D eigenvalue weighted by molar-refractivity contribution is 4.82. The van der Waals surface area contributed by atoms with Crippen LogP contribution in [0.2, 0.25) is 0 Å². The van der Waals surface area contributed by atoms with Crippen LogP contribution in [-0.2, 0) is 9.47 Å². The normalized spacial score (nSPS) is 13.9. The lowest BCUT2D eigenvalue weighted by Gasteiger charge is -2.10. The predicted molar refractivity (Wildman–Crippen MR) is 50.1 cm³/mol. The summed E-state index contributed by atoms with van der Waals surface area (Å²) < 4.78 is 10.6. The summed E-state index contributed by atoms with van der Waals surface area (Å²) in [5.74, 6) is 0. The molecule has 0 aliphatic heterocycles. The Hall–Kier alpha value is -0.380. The monoisotopic (exact) mass is 173 g/mol. The summed E-state index contributed by atoms with van der Waals surface area (Å²) in [6, 6.07) is 0. The Morgan fingerprint density at radius 3 is 2.75 bits per heavy atom. The Balaban J connectivity index is 3.18. The Morgan fingerprint density at radius 2 is 2.17 bits per heavy atom. The van der Waals surface area contributed by atoms with Gasteiger partial charge in [-0.1, -0.05) is 12.2 Å². The highest BCUT2D eigenvalue weighted by atomic mass is 16.5. The second-order valence-corrected chi connectivity index (χ2v) is 2.51. The van der Waals surface area contributed by atoms with Crippen LogP contribution in [0, 0.1) is 0 Å². The lowest BCUT2D eigenvalue weighted by atomic mass is 10.4. The van der Waals surface area contributed by atoms with Crippen molar-refractivity contribution in [2.24, 2.45) is 5.73 Å². The molecule has 0 heterocycles. The minimum Gasteiger partial charge on any atom is -0.379 e. The zero-order valence-electron chi connectivity index (χ0n) is 7.95. The highest BCUT2D eigenvalue weighted by Crippen LogP contribution is 1.91. The molecule has 0 aliphatic rings. The van der Waals surface area contributed by atoms with E-state index in [2.05, 4.69) is 0 Å². The molecule has 0 aliphatic carbocycles. The average molecular weight is 173 g/mol. The van der Waals surface area contributed by atoms with Gasteiger partial charge in [-0.3, -0.25) is 0 Å². The molecule has 0 saturated carbocycles. The van der Waals surface area contributed by atoms with Gasteiger partial charge in [-0.15, -0.1) is 0 Å². The van der Waals surface area contributed by atoms with E-state index >= 15 is 0 Å². The van der Waals surface area contributed by atoms with Crippen LogP contribution in [0.3, 0.4) is 0 Å². The molecule has 3 heteroatoms. The molecule has 0 amide bonds. The molecule has 1 atom stereocenters. The molecule has 1 unspecified atom stereocenters. The minimum atomic E-state index is 0.160. The van der Waals surface area contributed by atoms with Gasteiger partial charge in [-0.25, -0.2) is 0 Å². The lowest BCUT2D eigenvalue weighted by Crippen LogP contribution is -2.16. The maximum atomic E-state index is 5.38. The summed E-state index contributed by atoms with van der Waals surface area (Å²) in [6.07, 6.45) is 3.96. The number of nitrogens with two attached hydrogens (primary N) is 1. The zero-order valence-corrected chi connectivity index (χ0v) is 7.95. The van der Waals surface area contributed by atoms with E-state index in [1.54, 1.807) is 0 Å². The Labute approximate surface area is 74.5 Å². The topological polar surface area (TPSA) is 44.5 Å². The van der Waals surface area contributed by atoms with Crippen molar-refractivity contribution in [1.29, 1.82) is 0 Å². The number of hydrogen-bond acceptors (Lipinski definition) is 3. The third-order valence-corrected chi connectivity index (χ3v) is 1.34. The maximum absolute atomic E-state index is 5.38. The van der Waals surface area contributed by atoms with Crippen molar-refractivity contribution < 1.29 is 9.47 Å². The molecule has 0 bridgehead atoms. The van der Waals surface area contributed by atoms with Gasteiger partial charge >= 0.3 is 0 Å². The van der Waals surface area contributed by atoms with E-state index in [4.69, 9.17) is 15.2 Å². The first-order chi connectivity index (χ1) is 5.81. The second kappa shape index (κ2) is 8.71. The van der Waals surface area contributed by atoms with E-state index in [1.165, 1.54) is 0 Å². The van der Waals surface area contributed by atoms with E-state index in [0.29, 0.717) is 19.8 Å². The van der Waals surface area contributed by atoms with Crippen LogP contribution in [0.4, 0.5) is 0 Å². The summed E-state index contributed by atoms with van der Waals surface area (Å²) in [7, 11) is 0. The molecule has 0 saturated heterocycles. The SMILES string of the molecule is CCOCC(C)OC/C=C/CN. The molecule has 72 valence electrons. The van der Waals surface area contributed by atoms with Gasteiger partial charge in [0.05, 0.1) is 19.3 Å². The first kappa shape index (κ1) is 11.6. The van der Waals surface area contributed by atoms with Crippen LogP contribution in [0.1, 0.15) is 13.8 Å². The fraction of sp³-hybridized carbons (Fsp3) is 0.778. The predicted octanol–water partition coefficient (Wildman–Crippen LogP) is 0.943. The van der Waals surface area contributed by atoms with Crippen LogP contribution < -0.4 is 5.73 Å². The third kappa shape index (κ3) is 7.72. The van der Waals surface area contributed by atoms with Gasteiger partial charge in [0.2, 0.25) is 0 Å². The van der Waals surface area contributed by atoms with E-state index in [0.717, 1.165) is 6.61 Å². The molecular weight excluding hydrogens is 154 g/mol. The van der Waals surface area contributed by atoms with Crippen molar-refractivity contribution in [3.8, 4) is 0 Å².